The molecule has 0 bridgehead atoms. The van der Waals surface area contributed by atoms with Crippen LogP contribution >= 0.6 is 0 Å². The summed E-state index contributed by atoms with van der Waals surface area (Å²) in [5, 5.41) is 0. The molecule has 1 spiro atoms. The van der Waals surface area contributed by atoms with E-state index in [9.17, 15) is 14.4 Å². The van der Waals surface area contributed by atoms with Crippen molar-refractivity contribution in [3.63, 3.8) is 0 Å². The summed E-state index contributed by atoms with van der Waals surface area (Å²) in [5.41, 5.74) is 1.10. The van der Waals surface area contributed by atoms with Crippen LogP contribution < -0.4 is 4.74 Å². The summed E-state index contributed by atoms with van der Waals surface area (Å²) < 4.78 is 12.9. The van der Waals surface area contributed by atoms with Crippen LogP contribution in [-0.4, -0.2) is 29.1 Å². The largest absolute Gasteiger partial charge is 0.456 e. The third-order valence-corrected chi connectivity index (χ3v) is 7.08. The molecule has 0 N–H and O–H groups in total. The molecule has 1 unspecified atom stereocenters. The van der Waals surface area contributed by atoms with Gasteiger partial charge in [0.05, 0.1) is 22.3 Å². The topological polar surface area (TPSA) is 107 Å². The van der Waals surface area contributed by atoms with Gasteiger partial charge in [-0.1, -0.05) is 32.0 Å². The van der Waals surface area contributed by atoms with E-state index in [4.69, 9.17) is 29.0 Å². The predicted octanol–water partition coefficient (Wildman–Crippen LogP) is 7.15. The van der Waals surface area contributed by atoms with Gasteiger partial charge in [0.15, 0.2) is 5.60 Å². The highest BCUT2D eigenvalue weighted by atomic mass is 17.2. The Morgan fingerprint density at radius 3 is 2.09 bits per heavy atom. The fourth-order valence-corrected chi connectivity index (χ4v) is 5.38. The smallest absolute Gasteiger partial charge is 0.373 e. The third-order valence-electron chi connectivity index (χ3n) is 7.08. The zero-order valence-electron chi connectivity index (χ0n) is 25.7. The molecule has 0 radical (unpaired) electrons. The van der Waals surface area contributed by atoms with Gasteiger partial charge < -0.3 is 9.47 Å². The lowest BCUT2D eigenvalue weighted by molar-refractivity contribution is -0.301. The molecule has 9 heteroatoms. The number of rotatable bonds is 6. The van der Waals surface area contributed by atoms with Gasteiger partial charge in [0, 0.05) is 16.7 Å². The number of carbonyl (C=O) groups excluding carboxylic acids is 3. The highest BCUT2D eigenvalue weighted by Gasteiger charge is 2.55. The van der Waals surface area contributed by atoms with E-state index in [0.717, 1.165) is 5.56 Å². The number of hydrogen-bond acceptors (Lipinski definition) is 9. The molecule has 5 rings (SSSR count). The van der Waals surface area contributed by atoms with Gasteiger partial charge in [-0.15, -0.1) is 0 Å². The van der Waals surface area contributed by atoms with E-state index in [1.54, 1.807) is 77.9 Å². The van der Waals surface area contributed by atoms with E-state index in [1.165, 1.54) is 0 Å². The summed E-state index contributed by atoms with van der Waals surface area (Å²) in [6.07, 6.45) is 0.866. The zero-order valence-corrected chi connectivity index (χ0v) is 25.7. The van der Waals surface area contributed by atoms with Crippen LogP contribution in [0.15, 0.2) is 48.5 Å². The van der Waals surface area contributed by atoms with E-state index in [-0.39, 0.29) is 11.1 Å². The highest BCUT2D eigenvalue weighted by molar-refractivity contribution is 5.98. The average Bonchev–Trinajstić information content (AvgIpc) is 3.24. The Morgan fingerprint density at radius 1 is 0.814 bits per heavy atom. The second-order valence-electron chi connectivity index (χ2n) is 12.5. The van der Waals surface area contributed by atoms with Crippen molar-refractivity contribution in [2.75, 3.05) is 0 Å². The highest BCUT2D eigenvalue weighted by Crippen LogP contribution is 2.58. The average molecular weight is 589 g/mol. The maximum atomic E-state index is 13.4. The number of ether oxygens (including phenoxy) is 2. The second kappa shape index (κ2) is 10.8. The number of aryl methyl sites for hydroxylation is 1. The summed E-state index contributed by atoms with van der Waals surface area (Å²) in [6, 6.07) is 13.8. The molecule has 3 aromatic carbocycles. The van der Waals surface area contributed by atoms with Crippen LogP contribution in [0.25, 0.3) is 0 Å². The number of hydrogen-bond donors (Lipinski definition) is 0. The van der Waals surface area contributed by atoms with Gasteiger partial charge in [0.2, 0.25) is 0 Å². The van der Waals surface area contributed by atoms with Crippen LogP contribution in [-0.2, 0) is 42.7 Å². The van der Waals surface area contributed by atoms with E-state index in [1.807, 2.05) is 26.0 Å². The Kier molecular flexibility index (Phi) is 7.61. The molecule has 3 aromatic rings. The maximum Gasteiger partial charge on any atom is 0.373 e. The van der Waals surface area contributed by atoms with Gasteiger partial charge in [-0.05, 0) is 90.3 Å². The maximum absolute atomic E-state index is 13.4. The van der Waals surface area contributed by atoms with Crippen LogP contribution in [0.4, 0.5) is 0 Å². The van der Waals surface area contributed by atoms with E-state index < -0.39 is 34.7 Å². The first-order valence-corrected chi connectivity index (χ1v) is 14.3. The molecule has 0 aromatic heterocycles. The van der Waals surface area contributed by atoms with Crippen molar-refractivity contribution in [1.29, 1.82) is 0 Å². The molecule has 0 fully saturated rings. The zero-order chi connectivity index (χ0) is 31.3. The summed E-state index contributed by atoms with van der Waals surface area (Å²) in [5.74, 6) is -1.24. The number of fused-ring (bicyclic) bond motifs is 6. The molecule has 0 amide bonds. The molecule has 2 aliphatic rings. The first-order valence-electron chi connectivity index (χ1n) is 14.3. The molecule has 43 heavy (non-hydrogen) atoms. The molecule has 9 nitrogen and oxygen atoms in total. The van der Waals surface area contributed by atoms with Gasteiger partial charge >= 0.3 is 17.9 Å². The first kappa shape index (κ1) is 30.3. The minimum Gasteiger partial charge on any atom is -0.456 e. The molecule has 0 saturated heterocycles. The summed E-state index contributed by atoms with van der Waals surface area (Å²) >= 11 is 0. The normalized spacial score (nSPS) is 17.0. The Hall–Kier alpha value is -4.21. The van der Waals surface area contributed by atoms with Crippen LogP contribution in [0.2, 0.25) is 0 Å². The van der Waals surface area contributed by atoms with Gasteiger partial charge in [0.1, 0.15) is 22.7 Å². The molecule has 0 saturated carbocycles. The summed E-state index contributed by atoms with van der Waals surface area (Å²) in [4.78, 5) is 60.6. The molecule has 226 valence electrons. The first-order chi connectivity index (χ1) is 20.2. The lowest BCUT2D eigenvalue weighted by atomic mass is 9.74. The lowest BCUT2D eigenvalue weighted by Crippen LogP contribution is -2.35. The van der Waals surface area contributed by atoms with Gasteiger partial charge in [0.25, 0.3) is 0 Å². The van der Waals surface area contributed by atoms with Crippen molar-refractivity contribution in [2.45, 2.75) is 85.0 Å². The fourth-order valence-electron chi connectivity index (χ4n) is 5.38. The van der Waals surface area contributed by atoms with Crippen LogP contribution in [0.5, 0.6) is 11.5 Å². The summed E-state index contributed by atoms with van der Waals surface area (Å²) in [6.45, 7) is 14.4. The van der Waals surface area contributed by atoms with Crippen molar-refractivity contribution in [2.24, 2.45) is 0 Å². The standard InChI is InChI=1S/C34H36O9/c1-9-19-17-20(29(35)40-42-32(3,4)5)18-26-27(19)34(24-14-12-11-13-23(24)30(36)39-34)25-16-15-22(21(10-2)28(25)38-26)31(37)41-43-33(6,7)8/h11-18H,9-10H2,1-8H3. The van der Waals surface area contributed by atoms with Crippen LogP contribution in [0.1, 0.15) is 114 Å². The Bertz CT molecular complexity index is 1620. The van der Waals surface area contributed by atoms with Crippen molar-refractivity contribution < 1.29 is 43.4 Å². The van der Waals surface area contributed by atoms with Gasteiger partial charge in [-0.2, -0.15) is 9.78 Å². The van der Waals surface area contributed by atoms with Crippen molar-refractivity contribution >= 4 is 17.9 Å². The second-order valence-corrected chi connectivity index (χ2v) is 12.5. The minimum atomic E-state index is -1.39. The quantitative estimate of drug-likeness (QED) is 0.168. The van der Waals surface area contributed by atoms with E-state index >= 15 is 0 Å². The van der Waals surface area contributed by atoms with Crippen molar-refractivity contribution in [3.05, 3.63) is 93.0 Å². The van der Waals surface area contributed by atoms with Crippen molar-refractivity contribution in [1.82, 2.24) is 0 Å². The molecule has 1 atom stereocenters. The fraction of sp³-hybridized carbons (Fsp3) is 0.382. The van der Waals surface area contributed by atoms with Gasteiger partial charge in [-0.25, -0.2) is 14.4 Å². The number of esters is 1. The molecule has 2 heterocycles. The van der Waals surface area contributed by atoms with E-state index in [2.05, 4.69) is 0 Å². The molecular weight excluding hydrogens is 552 g/mol. The minimum absolute atomic E-state index is 0.197. The summed E-state index contributed by atoms with van der Waals surface area (Å²) in [7, 11) is 0. The Labute approximate surface area is 250 Å². The Balaban J connectivity index is 1.74. The van der Waals surface area contributed by atoms with Gasteiger partial charge in [-0.3, -0.25) is 9.78 Å². The van der Waals surface area contributed by atoms with E-state index in [0.29, 0.717) is 52.2 Å². The molecule has 0 aliphatic carbocycles. The Morgan fingerprint density at radius 2 is 1.47 bits per heavy atom. The van der Waals surface area contributed by atoms with Crippen LogP contribution in [0, 0.1) is 0 Å². The third kappa shape index (κ3) is 5.39. The predicted molar refractivity (Wildman–Crippen MR) is 156 cm³/mol. The molecule has 2 aliphatic heterocycles. The molecular formula is C34H36O9. The number of benzene rings is 3. The van der Waals surface area contributed by atoms with Crippen LogP contribution in [0.3, 0.4) is 0 Å². The number of carbonyl (C=O) groups is 3. The van der Waals surface area contributed by atoms with Crippen molar-refractivity contribution in [3.8, 4) is 11.5 Å². The lowest BCUT2D eigenvalue weighted by Gasteiger charge is -2.39. The SMILES string of the molecule is CCc1cc(C(=O)OOC(C)(C)C)cc2c1C1(OC(=O)c3ccccc31)c1ccc(C(=O)OOC(C)(C)C)c(CC)c1O2. The monoisotopic (exact) mass is 588 g/mol.